The number of carbonyl (C=O) groups excluding carboxylic acids is 1. The smallest absolute Gasteiger partial charge is 0.225 e. The van der Waals surface area contributed by atoms with Crippen molar-refractivity contribution in [3.63, 3.8) is 0 Å². The molecule has 0 aliphatic carbocycles. The lowest BCUT2D eigenvalue weighted by molar-refractivity contribution is -0.116. The molecule has 7 heteroatoms. The van der Waals surface area contributed by atoms with Gasteiger partial charge in [0.2, 0.25) is 5.91 Å². The van der Waals surface area contributed by atoms with Gasteiger partial charge in [-0.2, -0.15) is 10.4 Å². The van der Waals surface area contributed by atoms with Gasteiger partial charge >= 0.3 is 0 Å². The van der Waals surface area contributed by atoms with Gasteiger partial charge in [0, 0.05) is 13.5 Å². The first-order valence-corrected chi connectivity index (χ1v) is 8.47. The number of halogens is 1. The first kappa shape index (κ1) is 18.0. The maximum absolute atomic E-state index is 12.0. The predicted molar refractivity (Wildman–Crippen MR) is 94.8 cm³/mol. The van der Waals surface area contributed by atoms with Gasteiger partial charge in [-0.25, -0.2) is 0 Å². The number of nitrogens with zero attached hydrogens (tertiary/aromatic N) is 3. The lowest BCUT2D eigenvalue weighted by Crippen LogP contribution is -2.16. The predicted octanol–water partition coefficient (Wildman–Crippen LogP) is 3.41. The number of ether oxygens (including phenoxy) is 1. The number of anilines is 1. The van der Waals surface area contributed by atoms with Gasteiger partial charge in [0.05, 0.1) is 17.3 Å². The van der Waals surface area contributed by atoms with E-state index in [1.807, 2.05) is 24.3 Å². The van der Waals surface area contributed by atoms with Crippen molar-refractivity contribution in [2.24, 2.45) is 7.05 Å². The number of carbonyl (C=O) groups is 1. The fraction of sp³-hybridized carbons (Fsp3) is 0.353. The number of aryl methyl sites for hydroxylation is 2. The van der Waals surface area contributed by atoms with Crippen LogP contribution in [0.15, 0.2) is 28.9 Å². The topological polar surface area (TPSA) is 79.9 Å². The van der Waals surface area contributed by atoms with Crippen LogP contribution in [-0.4, -0.2) is 22.3 Å². The third-order valence-corrected chi connectivity index (χ3v) is 4.15. The Labute approximate surface area is 149 Å². The Morgan fingerprint density at radius 1 is 1.50 bits per heavy atom. The number of rotatable bonds is 7. The van der Waals surface area contributed by atoms with Crippen LogP contribution < -0.4 is 10.1 Å². The molecular weight excluding hydrogens is 372 g/mol. The third kappa shape index (κ3) is 4.59. The standard InChI is InChI=1S/C17H19BrN4O2/c1-3-12-6-7-15(14(18)9-12)24-8-4-5-16(23)21-17-13(10-19)11-20-22(17)2/h6-7,9,11H,3-5,8H2,1-2H3,(H,21,23). The van der Waals surface area contributed by atoms with E-state index in [9.17, 15) is 4.79 Å². The molecule has 0 unspecified atom stereocenters. The SMILES string of the molecule is CCc1ccc(OCCCC(=O)Nc2c(C#N)cnn2C)c(Br)c1. The van der Waals surface area contributed by atoms with Gasteiger partial charge in [-0.1, -0.05) is 13.0 Å². The van der Waals surface area contributed by atoms with E-state index in [-0.39, 0.29) is 5.91 Å². The fourth-order valence-corrected chi connectivity index (χ4v) is 2.70. The highest BCUT2D eigenvalue weighted by Crippen LogP contribution is 2.26. The number of benzene rings is 1. The minimum atomic E-state index is -0.168. The summed E-state index contributed by atoms with van der Waals surface area (Å²) in [6.45, 7) is 2.54. The van der Waals surface area contributed by atoms with Crippen molar-refractivity contribution in [1.82, 2.24) is 9.78 Å². The summed E-state index contributed by atoms with van der Waals surface area (Å²) < 4.78 is 8.08. The molecule has 0 fully saturated rings. The normalized spacial score (nSPS) is 10.2. The van der Waals surface area contributed by atoms with Gasteiger partial charge in [0.1, 0.15) is 23.2 Å². The molecule has 0 saturated heterocycles. The fourth-order valence-electron chi connectivity index (χ4n) is 2.16. The van der Waals surface area contributed by atoms with Crippen LogP contribution in [0.3, 0.4) is 0 Å². The molecular formula is C17H19BrN4O2. The average molecular weight is 391 g/mol. The van der Waals surface area contributed by atoms with E-state index in [1.165, 1.54) is 16.4 Å². The second-order valence-corrected chi connectivity index (χ2v) is 6.12. The van der Waals surface area contributed by atoms with Crippen LogP contribution in [0, 0.1) is 11.3 Å². The van der Waals surface area contributed by atoms with Crippen molar-refractivity contribution in [2.45, 2.75) is 26.2 Å². The van der Waals surface area contributed by atoms with Crippen molar-refractivity contribution in [3.05, 3.63) is 40.0 Å². The Balaban J connectivity index is 1.79. The Morgan fingerprint density at radius 2 is 2.29 bits per heavy atom. The quantitative estimate of drug-likeness (QED) is 0.734. The molecule has 0 radical (unpaired) electrons. The first-order chi connectivity index (χ1) is 11.5. The minimum Gasteiger partial charge on any atom is -0.492 e. The lowest BCUT2D eigenvalue weighted by Gasteiger charge is -2.10. The summed E-state index contributed by atoms with van der Waals surface area (Å²) in [6, 6.07) is 7.99. The zero-order valence-electron chi connectivity index (χ0n) is 13.7. The molecule has 0 aliphatic rings. The molecule has 2 rings (SSSR count). The van der Waals surface area contributed by atoms with E-state index in [4.69, 9.17) is 10.00 Å². The van der Waals surface area contributed by atoms with E-state index in [2.05, 4.69) is 33.3 Å². The second kappa shape index (κ2) is 8.50. The molecule has 1 aromatic heterocycles. The molecule has 0 atom stereocenters. The second-order valence-electron chi connectivity index (χ2n) is 5.26. The highest BCUT2D eigenvalue weighted by molar-refractivity contribution is 9.10. The highest BCUT2D eigenvalue weighted by Gasteiger charge is 2.11. The summed E-state index contributed by atoms with van der Waals surface area (Å²) in [5.41, 5.74) is 1.58. The molecule has 0 aliphatic heterocycles. The van der Waals surface area contributed by atoms with Gasteiger partial charge < -0.3 is 10.1 Å². The first-order valence-electron chi connectivity index (χ1n) is 7.68. The zero-order valence-corrected chi connectivity index (χ0v) is 15.3. The van der Waals surface area contributed by atoms with Gasteiger partial charge in [-0.3, -0.25) is 9.48 Å². The summed E-state index contributed by atoms with van der Waals surface area (Å²) in [6.07, 6.45) is 3.28. The largest absolute Gasteiger partial charge is 0.492 e. The molecule has 126 valence electrons. The van der Waals surface area contributed by atoms with Crippen LogP contribution in [0.5, 0.6) is 5.75 Å². The molecule has 1 aromatic carbocycles. The van der Waals surface area contributed by atoms with Gasteiger partial charge in [0.15, 0.2) is 0 Å². The lowest BCUT2D eigenvalue weighted by atomic mass is 10.2. The highest BCUT2D eigenvalue weighted by atomic mass is 79.9. The van der Waals surface area contributed by atoms with Gasteiger partial charge in [0.25, 0.3) is 0 Å². The molecule has 0 saturated carbocycles. The molecule has 2 aromatic rings. The summed E-state index contributed by atoms with van der Waals surface area (Å²) in [7, 11) is 1.68. The maximum Gasteiger partial charge on any atom is 0.225 e. The van der Waals surface area contributed by atoms with Crippen molar-refractivity contribution >= 4 is 27.7 Å². The molecule has 1 N–H and O–H groups in total. The van der Waals surface area contributed by atoms with Gasteiger partial charge in [-0.05, 0) is 46.5 Å². The van der Waals surface area contributed by atoms with E-state index < -0.39 is 0 Å². The zero-order chi connectivity index (χ0) is 17.5. The Morgan fingerprint density at radius 3 is 2.96 bits per heavy atom. The van der Waals surface area contributed by atoms with Crippen LogP contribution >= 0.6 is 15.9 Å². The number of hydrogen-bond acceptors (Lipinski definition) is 4. The molecule has 1 heterocycles. The number of nitrogens with one attached hydrogen (secondary N) is 1. The summed E-state index contributed by atoms with van der Waals surface area (Å²) in [4.78, 5) is 12.0. The van der Waals surface area contributed by atoms with Crippen LogP contribution in [0.2, 0.25) is 0 Å². The number of hydrogen-bond donors (Lipinski definition) is 1. The number of amides is 1. The third-order valence-electron chi connectivity index (χ3n) is 3.53. The van der Waals surface area contributed by atoms with E-state index in [1.54, 1.807) is 7.05 Å². The minimum absolute atomic E-state index is 0.168. The Bertz CT molecular complexity index is 764. The van der Waals surface area contributed by atoms with Crippen molar-refractivity contribution in [2.75, 3.05) is 11.9 Å². The monoisotopic (exact) mass is 390 g/mol. The molecule has 0 spiro atoms. The number of aromatic nitrogens is 2. The van der Waals surface area contributed by atoms with E-state index in [0.717, 1.165) is 16.6 Å². The summed E-state index contributed by atoms with van der Waals surface area (Å²) in [5, 5.41) is 15.6. The maximum atomic E-state index is 12.0. The van der Waals surface area contributed by atoms with E-state index >= 15 is 0 Å². The molecule has 1 amide bonds. The van der Waals surface area contributed by atoms with Crippen LogP contribution in [0.1, 0.15) is 30.9 Å². The van der Waals surface area contributed by atoms with Crippen LogP contribution in [0.4, 0.5) is 5.82 Å². The summed E-state index contributed by atoms with van der Waals surface area (Å²) >= 11 is 3.49. The van der Waals surface area contributed by atoms with Crippen molar-refractivity contribution < 1.29 is 9.53 Å². The average Bonchev–Trinajstić information content (AvgIpc) is 2.92. The Hall–Kier alpha value is -2.33. The molecule has 24 heavy (non-hydrogen) atoms. The van der Waals surface area contributed by atoms with E-state index in [0.29, 0.717) is 30.8 Å². The molecule has 6 nitrogen and oxygen atoms in total. The van der Waals surface area contributed by atoms with Crippen molar-refractivity contribution in [3.8, 4) is 11.8 Å². The number of nitriles is 1. The molecule has 0 bridgehead atoms. The summed E-state index contributed by atoms with van der Waals surface area (Å²) in [5.74, 6) is 1.02. The van der Waals surface area contributed by atoms with Crippen LogP contribution in [0.25, 0.3) is 0 Å². The van der Waals surface area contributed by atoms with Gasteiger partial charge in [-0.15, -0.1) is 0 Å². The Kier molecular flexibility index (Phi) is 6.38. The van der Waals surface area contributed by atoms with Crippen molar-refractivity contribution in [1.29, 1.82) is 5.26 Å². The van der Waals surface area contributed by atoms with Crippen LogP contribution in [-0.2, 0) is 18.3 Å².